The molecule has 0 aromatic rings. The molecular weight excluding hydrogens is 270 g/mol. The van der Waals surface area contributed by atoms with Crippen LogP contribution in [0.3, 0.4) is 0 Å². The third kappa shape index (κ3) is 9.86. The average molecular weight is 295 g/mol. The Balaban J connectivity index is 4.01. The molecule has 0 heterocycles. The normalized spacial score (nSPS) is 13.4. The van der Waals surface area contributed by atoms with Gasteiger partial charge in [-0.3, -0.25) is 4.79 Å². The lowest BCUT2D eigenvalue weighted by Crippen LogP contribution is -2.44. The highest BCUT2D eigenvalue weighted by atomic mass is 32.2. The van der Waals surface area contributed by atoms with Crippen molar-refractivity contribution >= 4 is 16.1 Å². The fourth-order valence-corrected chi connectivity index (χ4v) is 1.87. The Morgan fingerprint density at radius 3 is 2.16 bits per heavy atom. The number of hydrogen-bond donors (Lipinski definition) is 0. The average Bonchev–Trinajstić information content (AvgIpc) is 2.12. The van der Waals surface area contributed by atoms with E-state index in [9.17, 15) is 17.8 Å². The number of esters is 1. The summed E-state index contributed by atoms with van der Waals surface area (Å²) >= 11 is 0. The van der Waals surface area contributed by atoms with Crippen LogP contribution in [0, 0.1) is 5.41 Å². The molecule has 7 heteroatoms. The van der Waals surface area contributed by atoms with E-state index in [2.05, 4.69) is 0 Å². The van der Waals surface area contributed by atoms with Gasteiger partial charge in [0.25, 0.3) is 0 Å². The molecule has 6 nitrogen and oxygen atoms in total. The maximum atomic E-state index is 11.5. The molecule has 0 amide bonds. The van der Waals surface area contributed by atoms with Crippen molar-refractivity contribution in [1.29, 1.82) is 0 Å². The summed E-state index contributed by atoms with van der Waals surface area (Å²) in [5.41, 5.74) is -0.520. The molecular formula is C12H25NO5S. The highest BCUT2D eigenvalue weighted by Gasteiger charge is 2.24. The first-order valence-electron chi connectivity index (χ1n) is 6.26. The van der Waals surface area contributed by atoms with Crippen LogP contribution >= 0.6 is 0 Å². The standard InChI is InChI=1S/C12H25NO5S/c1-12(2,3)11(14)18-9-8-13(4,5)7-6-10-19(15,16)17/h6-10H2,1-5H3. The van der Waals surface area contributed by atoms with Crippen molar-refractivity contribution in [3.8, 4) is 0 Å². The van der Waals surface area contributed by atoms with Gasteiger partial charge in [-0.05, 0) is 20.8 Å². The Morgan fingerprint density at radius 2 is 1.74 bits per heavy atom. The molecule has 0 fully saturated rings. The molecule has 0 atom stereocenters. The summed E-state index contributed by atoms with van der Waals surface area (Å²) in [6.45, 7) is 6.78. The zero-order valence-electron chi connectivity index (χ0n) is 12.4. The number of nitrogens with zero attached hydrogens (tertiary/aromatic N) is 1. The van der Waals surface area contributed by atoms with E-state index in [0.717, 1.165) is 0 Å². The molecule has 0 aromatic carbocycles. The zero-order chi connectivity index (χ0) is 15.3. The number of carbonyl (C=O) groups is 1. The van der Waals surface area contributed by atoms with Crippen molar-refractivity contribution in [3.05, 3.63) is 0 Å². The highest BCUT2D eigenvalue weighted by Crippen LogP contribution is 2.15. The predicted molar refractivity (Wildman–Crippen MR) is 71.4 cm³/mol. The number of hydrogen-bond acceptors (Lipinski definition) is 5. The van der Waals surface area contributed by atoms with Crippen LogP contribution in [0.25, 0.3) is 0 Å². The number of rotatable bonds is 7. The van der Waals surface area contributed by atoms with E-state index in [4.69, 9.17) is 4.74 Å². The predicted octanol–water partition coefficient (Wildman–Crippen LogP) is 0.587. The van der Waals surface area contributed by atoms with Crippen LogP contribution in [0.15, 0.2) is 0 Å². The molecule has 0 saturated heterocycles. The van der Waals surface area contributed by atoms with Crippen LogP contribution in [0.2, 0.25) is 0 Å². The molecule has 19 heavy (non-hydrogen) atoms. The fraction of sp³-hybridized carbons (Fsp3) is 0.917. The van der Waals surface area contributed by atoms with Crippen LogP contribution < -0.4 is 0 Å². The maximum absolute atomic E-state index is 11.5. The van der Waals surface area contributed by atoms with Gasteiger partial charge in [-0.1, -0.05) is 0 Å². The van der Waals surface area contributed by atoms with Gasteiger partial charge in [0.1, 0.15) is 13.2 Å². The topological polar surface area (TPSA) is 83.5 Å². The lowest BCUT2D eigenvalue weighted by molar-refractivity contribution is -0.890. The van der Waals surface area contributed by atoms with Gasteiger partial charge in [0.05, 0.1) is 36.2 Å². The van der Waals surface area contributed by atoms with Crippen LogP contribution in [-0.2, 0) is 19.6 Å². The molecule has 0 bridgehead atoms. The molecule has 114 valence electrons. The Labute approximate surface area is 116 Å². The number of likely N-dealkylation sites (N-methyl/N-ethyl adjacent to an activating group) is 1. The molecule has 0 unspecified atom stereocenters. The van der Waals surface area contributed by atoms with Crippen LogP contribution in [0.1, 0.15) is 27.2 Å². The Kier molecular flexibility index (Phi) is 6.44. The summed E-state index contributed by atoms with van der Waals surface area (Å²) < 4.78 is 37.2. The lowest BCUT2D eigenvalue weighted by atomic mass is 9.97. The largest absolute Gasteiger partial charge is 0.748 e. The smallest absolute Gasteiger partial charge is 0.311 e. The van der Waals surface area contributed by atoms with Gasteiger partial charge in [0.2, 0.25) is 0 Å². The van der Waals surface area contributed by atoms with E-state index < -0.39 is 15.5 Å². The summed E-state index contributed by atoms with van der Waals surface area (Å²) in [5.74, 6) is -0.606. The zero-order valence-corrected chi connectivity index (χ0v) is 13.2. The maximum Gasteiger partial charge on any atom is 0.311 e. The Morgan fingerprint density at radius 1 is 1.21 bits per heavy atom. The molecule has 0 aliphatic rings. The van der Waals surface area contributed by atoms with Crippen molar-refractivity contribution < 1.29 is 27.0 Å². The van der Waals surface area contributed by atoms with Crippen molar-refractivity contribution in [1.82, 2.24) is 0 Å². The first-order valence-corrected chi connectivity index (χ1v) is 7.84. The highest BCUT2D eigenvalue weighted by molar-refractivity contribution is 7.85. The number of quaternary nitrogens is 1. The molecule has 0 aliphatic carbocycles. The minimum atomic E-state index is -4.15. The van der Waals surface area contributed by atoms with Crippen molar-refractivity contribution in [2.75, 3.05) is 39.5 Å². The quantitative estimate of drug-likeness (QED) is 0.390. The second kappa shape index (κ2) is 6.67. The van der Waals surface area contributed by atoms with Crippen LogP contribution in [-0.4, -0.2) is 63.0 Å². The van der Waals surface area contributed by atoms with E-state index in [1.54, 1.807) is 20.8 Å². The summed E-state index contributed by atoms with van der Waals surface area (Å²) in [7, 11) is -0.335. The molecule has 0 spiro atoms. The van der Waals surface area contributed by atoms with E-state index >= 15 is 0 Å². The minimum absolute atomic E-state index is 0.255. The molecule has 0 radical (unpaired) electrons. The van der Waals surface area contributed by atoms with Gasteiger partial charge in [-0.2, -0.15) is 0 Å². The van der Waals surface area contributed by atoms with Crippen LogP contribution in [0.5, 0.6) is 0 Å². The molecule has 0 aromatic heterocycles. The first-order chi connectivity index (χ1) is 8.33. The summed E-state index contributed by atoms with van der Waals surface area (Å²) in [6.07, 6.45) is 0.312. The second-order valence-electron chi connectivity index (χ2n) is 6.38. The van der Waals surface area contributed by atoms with Crippen molar-refractivity contribution in [2.45, 2.75) is 27.2 Å². The minimum Gasteiger partial charge on any atom is -0.748 e. The van der Waals surface area contributed by atoms with Gasteiger partial charge in [0, 0.05) is 12.2 Å². The van der Waals surface area contributed by atoms with Crippen molar-refractivity contribution in [3.63, 3.8) is 0 Å². The van der Waals surface area contributed by atoms with E-state index in [0.29, 0.717) is 24.0 Å². The lowest BCUT2D eigenvalue weighted by Gasteiger charge is -2.30. The molecule has 0 rings (SSSR count). The van der Waals surface area contributed by atoms with Gasteiger partial charge >= 0.3 is 5.97 Å². The third-order valence-electron chi connectivity index (χ3n) is 2.70. The van der Waals surface area contributed by atoms with E-state index in [1.807, 2.05) is 14.1 Å². The first kappa shape index (κ1) is 18.3. The van der Waals surface area contributed by atoms with E-state index in [1.165, 1.54) is 0 Å². The van der Waals surface area contributed by atoms with Gasteiger partial charge in [-0.25, -0.2) is 8.42 Å². The number of carbonyl (C=O) groups excluding carboxylic acids is 1. The molecule has 0 N–H and O–H groups in total. The van der Waals surface area contributed by atoms with Gasteiger partial charge in [0.15, 0.2) is 0 Å². The monoisotopic (exact) mass is 295 g/mol. The molecule has 0 aliphatic heterocycles. The van der Waals surface area contributed by atoms with E-state index in [-0.39, 0.29) is 18.3 Å². The Bertz CT molecular complexity index is 395. The number of ether oxygens (including phenoxy) is 1. The summed E-state index contributed by atoms with van der Waals surface area (Å²) in [4.78, 5) is 11.5. The second-order valence-corrected chi connectivity index (χ2v) is 7.91. The summed E-state index contributed by atoms with van der Waals surface area (Å²) in [6, 6.07) is 0. The van der Waals surface area contributed by atoms with Gasteiger partial charge in [-0.15, -0.1) is 0 Å². The van der Waals surface area contributed by atoms with Crippen molar-refractivity contribution in [2.24, 2.45) is 5.41 Å². The van der Waals surface area contributed by atoms with Crippen LogP contribution in [0.4, 0.5) is 0 Å². The third-order valence-corrected chi connectivity index (χ3v) is 3.49. The molecule has 0 saturated carbocycles. The summed E-state index contributed by atoms with van der Waals surface area (Å²) in [5, 5.41) is 0. The Hall–Kier alpha value is -0.660. The van der Waals surface area contributed by atoms with Gasteiger partial charge < -0.3 is 13.8 Å². The fourth-order valence-electron chi connectivity index (χ4n) is 1.38. The SMILES string of the molecule is CC(C)(C)C(=O)OCC[N+](C)(C)CCCS(=O)(=O)[O-].